The zero-order valence-corrected chi connectivity index (χ0v) is 7.42. The molecule has 0 amide bonds. The molecule has 0 saturated carbocycles. The molecule has 1 aliphatic heterocycles. The van der Waals surface area contributed by atoms with Crippen LogP contribution in [0.2, 0.25) is 0 Å². The second-order valence-electron chi connectivity index (χ2n) is 3.28. The van der Waals surface area contributed by atoms with Crippen molar-refractivity contribution in [2.45, 2.75) is 12.2 Å². The third kappa shape index (κ3) is 1.49. The molecule has 76 valence electrons. The van der Waals surface area contributed by atoms with Gasteiger partial charge in [0.05, 0.1) is 12.2 Å². The minimum Gasteiger partial charge on any atom is -0.389 e. The van der Waals surface area contributed by atoms with Gasteiger partial charge in [-0.05, 0) is 0 Å². The topological polar surface area (TPSA) is 89.5 Å². The highest BCUT2D eigenvalue weighted by molar-refractivity contribution is 5.37. The third-order valence-electron chi connectivity index (χ3n) is 2.25. The van der Waals surface area contributed by atoms with Crippen LogP contribution in [0.1, 0.15) is 0 Å². The summed E-state index contributed by atoms with van der Waals surface area (Å²) < 4.78 is 0. The third-order valence-corrected chi connectivity index (χ3v) is 2.25. The van der Waals surface area contributed by atoms with Crippen molar-refractivity contribution in [2.24, 2.45) is 0 Å². The second kappa shape index (κ2) is 3.39. The molecule has 0 aliphatic carbocycles. The largest absolute Gasteiger partial charge is 0.389 e. The van der Waals surface area contributed by atoms with E-state index in [4.69, 9.17) is 0 Å². The molecule has 3 N–H and O–H groups in total. The van der Waals surface area contributed by atoms with E-state index in [0.29, 0.717) is 0 Å². The van der Waals surface area contributed by atoms with E-state index in [2.05, 4.69) is 9.97 Å². The van der Waals surface area contributed by atoms with Crippen molar-refractivity contribution in [3.8, 4) is 0 Å². The molecular formula is C8H11N3O3. The van der Waals surface area contributed by atoms with Crippen LogP contribution in [-0.2, 0) is 0 Å². The molecule has 1 aromatic rings. The number of aromatic amines is 1. The van der Waals surface area contributed by atoms with E-state index in [9.17, 15) is 15.0 Å². The Labute approximate surface area is 79.8 Å². The first kappa shape index (κ1) is 9.17. The lowest BCUT2D eigenvalue weighted by Crippen LogP contribution is -2.28. The summed E-state index contributed by atoms with van der Waals surface area (Å²) in [5.74, 6) is 0.239. The van der Waals surface area contributed by atoms with Crippen molar-refractivity contribution >= 4 is 5.82 Å². The van der Waals surface area contributed by atoms with Gasteiger partial charge < -0.3 is 20.1 Å². The van der Waals surface area contributed by atoms with Crippen molar-refractivity contribution in [1.29, 1.82) is 0 Å². The Kier molecular flexibility index (Phi) is 2.22. The van der Waals surface area contributed by atoms with E-state index < -0.39 is 12.2 Å². The van der Waals surface area contributed by atoms with Gasteiger partial charge in [0.1, 0.15) is 0 Å². The molecular weight excluding hydrogens is 186 g/mol. The lowest BCUT2D eigenvalue weighted by Gasteiger charge is -2.13. The van der Waals surface area contributed by atoms with Crippen LogP contribution in [0.5, 0.6) is 0 Å². The van der Waals surface area contributed by atoms with Crippen molar-refractivity contribution < 1.29 is 10.2 Å². The van der Waals surface area contributed by atoms with E-state index in [1.807, 2.05) is 0 Å². The first-order valence-corrected chi connectivity index (χ1v) is 4.33. The predicted molar refractivity (Wildman–Crippen MR) is 49.1 cm³/mol. The summed E-state index contributed by atoms with van der Waals surface area (Å²) in [4.78, 5) is 19.2. The summed E-state index contributed by atoms with van der Waals surface area (Å²) in [7, 11) is 0. The average molecular weight is 197 g/mol. The number of aliphatic hydroxyl groups excluding tert-OH is 2. The van der Waals surface area contributed by atoms with Gasteiger partial charge in [0.2, 0.25) is 0 Å². The van der Waals surface area contributed by atoms with Gasteiger partial charge >= 0.3 is 0 Å². The minimum atomic E-state index is -0.809. The van der Waals surface area contributed by atoms with Crippen LogP contribution in [-0.4, -0.2) is 45.5 Å². The van der Waals surface area contributed by atoms with Gasteiger partial charge in [-0.3, -0.25) is 4.79 Å². The number of anilines is 1. The molecule has 1 fully saturated rings. The molecule has 6 nitrogen and oxygen atoms in total. The molecule has 1 aliphatic rings. The maximum atomic E-state index is 11.3. The Balaban J connectivity index is 2.26. The zero-order valence-electron chi connectivity index (χ0n) is 7.42. The van der Waals surface area contributed by atoms with Crippen LogP contribution in [0.4, 0.5) is 5.82 Å². The van der Waals surface area contributed by atoms with Crippen LogP contribution in [0.3, 0.4) is 0 Å². The number of aromatic nitrogens is 2. The lowest BCUT2D eigenvalue weighted by atomic mass is 10.3. The standard InChI is InChI=1S/C8H11N3O3/c12-5-3-11(4-6(5)13)7-8(14)10-2-1-9-7/h1-2,5-6,12-13H,3-4H2,(H,10,14). The highest BCUT2D eigenvalue weighted by Crippen LogP contribution is 2.13. The van der Waals surface area contributed by atoms with Gasteiger partial charge in [-0.25, -0.2) is 4.98 Å². The van der Waals surface area contributed by atoms with Gasteiger partial charge in [0.15, 0.2) is 5.82 Å². The molecule has 6 heteroatoms. The summed E-state index contributed by atoms with van der Waals surface area (Å²) in [6.07, 6.45) is 1.29. The van der Waals surface area contributed by atoms with Gasteiger partial charge in [0, 0.05) is 25.5 Å². The monoisotopic (exact) mass is 197 g/mol. The van der Waals surface area contributed by atoms with E-state index in [0.717, 1.165) is 0 Å². The fraction of sp³-hybridized carbons (Fsp3) is 0.500. The average Bonchev–Trinajstić information content (AvgIpc) is 2.48. The fourth-order valence-corrected chi connectivity index (χ4v) is 1.51. The Morgan fingerprint density at radius 3 is 2.64 bits per heavy atom. The van der Waals surface area contributed by atoms with Gasteiger partial charge in [-0.1, -0.05) is 0 Å². The summed E-state index contributed by atoms with van der Waals surface area (Å²) >= 11 is 0. The first-order chi connectivity index (χ1) is 6.68. The van der Waals surface area contributed by atoms with Crippen LogP contribution in [0, 0.1) is 0 Å². The predicted octanol–water partition coefficient (Wildman–Crippen LogP) is -1.69. The van der Waals surface area contributed by atoms with E-state index in [1.165, 1.54) is 12.4 Å². The highest BCUT2D eigenvalue weighted by Gasteiger charge is 2.31. The van der Waals surface area contributed by atoms with Crippen LogP contribution in [0.25, 0.3) is 0 Å². The number of H-pyrrole nitrogens is 1. The maximum absolute atomic E-state index is 11.3. The molecule has 1 aromatic heterocycles. The lowest BCUT2D eigenvalue weighted by molar-refractivity contribution is 0.0572. The van der Waals surface area contributed by atoms with Crippen molar-refractivity contribution in [3.63, 3.8) is 0 Å². The Morgan fingerprint density at radius 1 is 1.43 bits per heavy atom. The molecule has 1 saturated heterocycles. The molecule has 0 aromatic carbocycles. The fourth-order valence-electron chi connectivity index (χ4n) is 1.51. The van der Waals surface area contributed by atoms with Crippen molar-refractivity contribution in [3.05, 3.63) is 22.7 Å². The smallest absolute Gasteiger partial charge is 0.290 e. The molecule has 0 spiro atoms. The number of nitrogens with zero attached hydrogens (tertiary/aromatic N) is 2. The van der Waals surface area contributed by atoms with Crippen LogP contribution < -0.4 is 10.5 Å². The number of rotatable bonds is 1. The molecule has 14 heavy (non-hydrogen) atoms. The Hall–Kier alpha value is -1.40. The van der Waals surface area contributed by atoms with E-state index in [1.54, 1.807) is 4.90 Å². The number of nitrogens with one attached hydrogen (secondary N) is 1. The SMILES string of the molecule is O=c1[nH]ccnc1N1CC(O)C(O)C1. The first-order valence-electron chi connectivity index (χ1n) is 4.33. The normalized spacial score (nSPS) is 26.9. The minimum absolute atomic E-state index is 0.237. The van der Waals surface area contributed by atoms with E-state index >= 15 is 0 Å². The van der Waals surface area contributed by atoms with Crippen molar-refractivity contribution in [1.82, 2.24) is 9.97 Å². The number of hydrogen-bond donors (Lipinski definition) is 3. The molecule has 2 atom stereocenters. The number of aliphatic hydroxyl groups is 2. The number of β-amino-alcohol motifs (C(OH)–C–C–N with tert-alkyl or cyclic N) is 2. The second-order valence-corrected chi connectivity index (χ2v) is 3.28. The van der Waals surface area contributed by atoms with Gasteiger partial charge in [0.25, 0.3) is 5.56 Å². The molecule has 2 heterocycles. The quantitative estimate of drug-likeness (QED) is 0.500. The summed E-state index contributed by atoms with van der Waals surface area (Å²) in [5, 5.41) is 18.6. The highest BCUT2D eigenvalue weighted by atomic mass is 16.3. The van der Waals surface area contributed by atoms with Gasteiger partial charge in [-0.15, -0.1) is 0 Å². The Morgan fingerprint density at radius 2 is 2.07 bits per heavy atom. The maximum Gasteiger partial charge on any atom is 0.290 e. The molecule has 0 radical (unpaired) electrons. The molecule has 2 unspecified atom stereocenters. The summed E-state index contributed by atoms with van der Waals surface area (Å²) in [6, 6.07) is 0. The van der Waals surface area contributed by atoms with Crippen LogP contribution in [0.15, 0.2) is 17.2 Å². The Bertz CT molecular complexity index is 368. The number of hydrogen-bond acceptors (Lipinski definition) is 5. The van der Waals surface area contributed by atoms with Crippen LogP contribution >= 0.6 is 0 Å². The van der Waals surface area contributed by atoms with E-state index in [-0.39, 0.29) is 24.5 Å². The molecule has 2 rings (SSSR count). The van der Waals surface area contributed by atoms with Gasteiger partial charge in [-0.2, -0.15) is 0 Å². The van der Waals surface area contributed by atoms with Crippen molar-refractivity contribution in [2.75, 3.05) is 18.0 Å². The zero-order chi connectivity index (χ0) is 10.1. The summed E-state index contributed by atoms with van der Waals surface area (Å²) in [5.41, 5.74) is -0.311. The summed E-state index contributed by atoms with van der Waals surface area (Å²) in [6.45, 7) is 0.475. The molecule has 0 bridgehead atoms.